The minimum absolute atomic E-state index is 0.0279. The second-order valence-corrected chi connectivity index (χ2v) is 6.93. The van der Waals surface area contributed by atoms with Crippen molar-refractivity contribution >= 4 is 17.2 Å². The molecule has 2 aliphatic rings. The predicted octanol–water partition coefficient (Wildman–Crippen LogP) is 1.51. The fourth-order valence-corrected chi connectivity index (χ4v) is 3.23. The third-order valence-corrected chi connectivity index (χ3v) is 4.81. The highest BCUT2D eigenvalue weighted by molar-refractivity contribution is 6.12. The lowest BCUT2D eigenvalue weighted by Crippen LogP contribution is -2.44. The number of rotatable bonds is 2. The van der Waals surface area contributed by atoms with Crippen LogP contribution in [-0.2, 0) is 4.79 Å². The minimum atomic E-state index is -1.07. The van der Waals surface area contributed by atoms with Gasteiger partial charge >= 0.3 is 0 Å². The SMILES string of the molecule is CN(C)c1ccc(C2C(=O)/C(=C3\C=CC(=[N+](C)C)C=C3O)C2O)c(O)c1. The number of aromatic hydroxyl groups is 1. The summed E-state index contributed by atoms with van der Waals surface area (Å²) in [5.74, 6) is -1.20. The van der Waals surface area contributed by atoms with Crippen LogP contribution in [0.15, 0.2) is 53.3 Å². The number of phenolic OH excluding ortho intramolecular Hbond substituents is 1. The Morgan fingerprint density at radius 1 is 1.12 bits per heavy atom. The summed E-state index contributed by atoms with van der Waals surface area (Å²) < 4.78 is 1.83. The molecule has 0 amide bonds. The molecule has 1 saturated carbocycles. The second-order valence-electron chi connectivity index (χ2n) is 6.93. The Morgan fingerprint density at radius 3 is 2.31 bits per heavy atom. The maximum absolute atomic E-state index is 12.7. The van der Waals surface area contributed by atoms with Crippen molar-refractivity contribution in [1.29, 1.82) is 0 Å². The molecule has 26 heavy (non-hydrogen) atoms. The van der Waals surface area contributed by atoms with Gasteiger partial charge in [0.15, 0.2) is 5.78 Å². The number of Topliss-reactive ketones (excluding diaryl/α,β-unsaturated/α-hetero) is 1. The van der Waals surface area contributed by atoms with E-state index in [1.165, 1.54) is 0 Å². The Morgan fingerprint density at radius 2 is 1.81 bits per heavy atom. The van der Waals surface area contributed by atoms with Crippen LogP contribution in [0.4, 0.5) is 5.69 Å². The molecule has 0 bridgehead atoms. The zero-order valence-corrected chi connectivity index (χ0v) is 15.3. The van der Waals surface area contributed by atoms with Gasteiger partial charge in [0.25, 0.3) is 0 Å². The zero-order chi connectivity index (χ0) is 19.2. The number of nitrogens with zero attached hydrogens (tertiary/aromatic N) is 2. The topological polar surface area (TPSA) is 84.0 Å². The molecule has 0 radical (unpaired) electrons. The van der Waals surface area contributed by atoms with Crippen LogP contribution in [-0.4, -0.2) is 65.7 Å². The van der Waals surface area contributed by atoms with E-state index in [0.29, 0.717) is 11.1 Å². The molecule has 136 valence electrons. The van der Waals surface area contributed by atoms with Gasteiger partial charge in [-0.05, 0) is 12.1 Å². The molecule has 1 aromatic rings. The van der Waals surface area contributed by atoms with Gasteiger partial charge in [-0.1, -0.05) is 6.07 Å². The normalized spacial score (nSPS) is 25.0. The predicted molar refractivity (Wildman–Crippen MR) is 100 cm³/mol. The summed E-state index contributed by atoms with van der Waals surface area (Å²) in [7, 11) is 7.40. The Labute approximate surface area is 152 Å². The Hall–Kier alpha value is -2.86. The molecule has 1 fully saturated rings. The number of anilines is 1. The van der Waals surface area contributed by atoms with Crippen LogP contribution in [0.1, 0.15) is 11.5 Å². The number of aliphatic hydroxyl groups is 2. The van der Waals surface area contributed by atoms with Gasteiger partial charge in [0.2, 0.25) is 5.71 Å². The number of hydrogen-bond donors (Lipinski definition) is 3. The van der Waals surface area contributed by atoms with Crippen LogP contribution in [0.2, 0.25) is 0 Å². The number of hydrogen-bond acceptors (Lipinski definition) is 5. The zero-order valence-electron chi connectivity index (χ0n) is 15.3. The van der Waals surface area contributed by atoms with Gasteiger partial charge in [0.05, 0.1) is 18.1 Å². The van der Waals surface area contributed by atoms with E-state index in [0.717, 1.165) is 11.4 Å². The molecule has 2 aliphatic carbocycles. The third kappa shape index (κ3) is 2.82. The van der Waals surface area contributed by atoms with E-state index in [1.807, 2.05) is 37.7 Å². The summed E-state index contributed by atoms with van der Waals surface area (Å²) in [6.07, 6.45) is 3.89. The Kier molecular flexibility index (Phi) is 4.46. The van der Waals surface area contributed by atoms with Crippen molar-refractivity contribution in [2.24, 2.45) is 0 Å². The average Bonchev–Trinajstić information content (AvgIpc) is 2.58. The number of allylic oxidation sites excluding steroid dienone is 3. The van der Waals surface area contributed by atoms with Crippen molar-refractivity contribution in [3.05, 3.63) is 58.9 Å². The maximum atomic E-state index is 12.7. The lowest BCUT2D eigenvalue weighted by molar-refractivity contribution is -0.462. The quantitative estimate of drug-likeness (QED) is 0.553. The molecule has 0 aliphatic heterocycles. The monoisotopic (exact) mass is 355 g/mol. The summed E-state index contributed by atoms with van der Waals surface area (Å²) in [6.45, 7) is 0. The largest absolute Gasteiger partial charge is 0.508 e. The first-order valence-electron chi connectivity index (χ1n) is 8.32. The first-order chi connectivity index (χ1) is 12.2. The summed E-state index contributed by atoms with van der Waals surface area (Å²) in [5.41, 5.74) is 2.49. The molecule has 0 aromatic heterocycles. The standard InChI is InChI=1S/C20H22N2O4/c1-21(2)11-5-7-13(15(23)9-11)17-19(25)18(20(17)26)14-8-6-12(22(3)4)10-16(14)24/h5-10,17,19,23,25H,1-4H3/p+1/b18-14+. The van der Waals surface area contributed by atoms with Crippen molar-refractivity contribution in [1.82, 2.24) is 0 Å². The highest BCUT2D eigenvalue weighted by Crippen LogP contribution is 2.45. The molecule has 0 heterocycles. The number of carbonyl (C=O) groups is 1. The smallest absolute Gasteiger partial charge is 0.203 e. The van der Waals surface area contributed by atoms with E-state index in [9.17, 15) is 20.1 Å². The molecule has 2 atom stereocenters. The fourth-order valence-electron chi connectivity index (χ4n) is 3.23. The molecular weight excluding hydrogens is 332 g/mol. The lowest BCUT2D eigenvalue weighted by atomic mass is 9.69. The van der Waals surface area contributed by atoms with E-state index >= 15 is 0 Å². The first-order valence-corrected chi connectivity index (χ1v) is 8.32. The molecule has 3 rings (SSSR count). The molecule has 6 nitrogen and oxygen atoms in total. The van der Waals surface area contributed by atoms with Gasteiger partial charge in [-0.2, -0.15) is 0 Å². The van der Waals surface area contributed by atoms with E-state index in [1.54, 1.807) is 36.4 Å². The summed E-state index contributed by atoms with van der Waals surface area (Å²) in [5, 5.41) is 31.1. The molecule has 0 saturated heterocycles. The van der Waals surface area contributed by atoms with Gasteiger partial charge in [-0.15, -0.1) is 0 Å². The first kappa shape index (κ1) is 17.9. The number of benzene rings is 1. The minimum Gasteiger partial charge on any atom is -0.508 e. The second kappa shape index (κ2) is 6.46. The van der Waals surface area contributed by atoms with E-state index in [2.05, 4.69) is 0 Å². The van der Waals surface area contributed by atoms with E-state index in [-0.39, 0.29) is 22.9 Å². The van der Waals surface area contributed by atoms with Crippen molar-refractivity contribution in [2.75, 3.05) is 33.1 Å². The molecule has 1 aromatic carbocycles. The summed E-state index contributed by atoms with van der Waals surface area (Å²) in [4.78, 5) is 14.5. The van der Waals surface area contributed by atoms with Crippen LogP contribution in [0.5, 0.6) is 5.75 Å². The van der Waals surface area contributed by atoms with Gasteiger partial charge in [0.1, 0.15) is 25.6 Å². The molecular formula is C20H23N2O4+. The summed E-state index contributed by atoms with van der Waals surface area (Å²) >= 11 is 0. The highest BCUT2D eigenvalue weighted by Gasteiger charge is 2.48. The number of ketones is 1. The molecule has 2 unspecified atom stereocenters. The van der Waals surface area contributed by atoms with Gasteiger partial charge in [0, 0.05) is 48.6 Å². The lowest BCUT2D eigenvalue weighted by Gasteiger charge is -2.36. The van der Waals surface area contributed by atoms with Gasteiger partial charge in [-0.3, -0.25) is 4.79 Å². The van der Waals surface area contributed by atoms with Crippen LogP contribution in [0.25, 0.3) is 0 Å². The average molecular weight is 355 g/mol. The van der Waals surface area contributed by atoms with Crippen molar-refractivity contribution in [2.45, 2.75) is 12.0 Å². The van der Waals surface area contributed by atoms with Crippen LogP contribution >= 0.6 is 0 Å². The van der Waals surface area contributed by atoms with Crippen molar-refractivity contribution < 1.29 is 24.7 Å². The molecule has 6 heteroatoms. The van der Waals surface area contributed by atoms with Gasteiger partial charge < -0.3 is 20.2 Å². The maximum Gasteiger partial charge on any atom is 0.203 e. The van der Waals surface area contributed by atoms with Crippen molar-refractivity contribution in [3.63, 3.8) is 0 Å². The van der Waals surface area contributed by atoms with Crippen LogP contribution in [0, 0.1) is 0 Å². The number of phenols is 1. The number of aliphatic hydroxyl groups excluding tert-OH is 2. The van der Waals surface area contributed by atoms with Gasteiger partial charge in [-0.25, -0.2) is 4.58 Å². The van der Waals surface area contributed by atoms with Crippen LogP contribution in [0.3, 0.4) is 0 Å². The summed E-state index contributed by atoms with van der Waals surface area (Å²) in [6, 6.07) is 5.01. The number of carbonyl (C=O) groups excluding carboxylic acids is 1. The van der Waals surface area contributed by atoms with E-state index < -0.39 is 12.0 Å². The van der Waals surface area contributed by atoms with Crippen molar-refractivity contribution in [3.8, 4) is 5.75 Å². The van der Waals surface area contributed by atoms with Crippen LogP contribution < -0.4 is 4.90 Å². The Balaban J connectivity index is 1.94. The third-order valence-electron chi connectivity index (χ3n) is 4.81. The highest BCUT2D eigenvalue weighted by atomic mass is 16.3. The molecule has 3 N–H and O–H groups in total. The fraction of sp³-hybridized carbons (Fsp3) is 0.300. The van der Waals surface area contributed by atoms with E-state index in [4.69, 9.17) is 0 Å². The molecule has 0 spiro atoms. The Bertz CT molecular complexity index is 902.